The third-order valence-corrected chi connectivity index (χ3v) is 4.84. The molecule has 132 valence electrons. The lowest BCUT2D eigenvalue weighted by Crippen LogP contribution is -2.36. The van der Waals surface area contributed by atoms with E-state index in [1.54, 1.807) is 6.20 Å². The Hall–Kier alpha value is -1.85. The van der Waals surface area contributed by atoms with Gasteiger partial charge in [-0.3, -0.25) is 4.79 Å². The topological polar surface area (TPSA) is 58.1 Å². The van der Waals surface area contributed by atoms with Crippen molar-refractivity contribution in [3.63, 3.8) is 0 Å². The van der Waals surface area contributed by atoms with Gasteiger partial charge >= 0.3 is 0 Å². The molecule has 1 heterocycles. The van der Waals surface area contributed by atoms with Gasteiger partial charge in [-0.05, 0) is 30.0 Å². The minimum Gasteiger partial charge on any atom is -0.354 e. The van der Waals surface area contributed by atoms with E-state index in [1.807, 2.05) is 29.2 Å². The summed E-state index contributed by atoms with van der Waals surface area (Å²) >= 11 is 12.3. The summed E-state index contributed by atoms with van der Waals surface area (Å²) in [5.74, 6) is 1.44. The molecule has 1 aromatic carbocycles. The number of carbonyl (C=O) groups is 1. The Kier molecular flexibility index (Phi) is 5.76. The van der Waals surface area contributed by atoms with E-state index in [4.69, 9.17) is 23.2 Å². The van der Waals surface area contributed by atoms with Gasteiger partial charge < -0.3 is 10.2 Å². The van der Waals surface area contributed by atoms with Gasteiger partial charge in [0, 0.05) is 30.6 Å². The Morgan fingerprint density at radius 1 is 1.40 bits per heavy atom. The smallest absolute Gasteiger partial charge is 0.223 e. The molecule has 0 radical (unpaired) electrons. The quantitative estimate of drug-likeness (QED) is 0.799. The summed E-state index contributed by atoms with van der Waals surface area (Å²) in [6.45, 7) is 3.81. The predicted octanol–water partition coefficient (Wildman–Crippen LogP) is 3.56. The summed E-state index contributed by atoms with van der Waals surface area (Å²) in [6.07, 6.45) is 4.02. The van der Waals surface area contributed by atoms with E-state index in [0.29, 0.717) is 41.4 Å². The van der Waals surface area contributed by atoms with Crippen LogP contribution in [0.15, 0.2) is 36.8 Å². The number of hydrogen-bond acceptors (Lipinski definition) is 4. The van der Waals surface area contributed by atoms with Crippen LogP contribution in [0.2, 0.25) is 10.0 Å². The molecule has 25 heavy (non-hydrogen) atoms. The van der Waals surface area contributed by atoms with Crippen LogP contribution in [0.3, 0.4) is 0 Å². The monoisotopic (exact) mass is 378 g/mol. The number of halogens is 2. The molecular weight excluding hydrogens is 359 g/mol. The first-order valence-corrected chi connectivity index (χ1v) is 9.03. The molecule has 0 aliphatic heterocycles. The standard InChI is InChI=1S/C18H20Cl2N4O/c1-12-7-15(12)18(25)22-5-6-24(17-16(20)9-21-11-23-17)10-13-3-2-4-14(19)8-13/h2-4,8-9,11-12,15H,5-7,10H2,1H3,(H,22,25)/t12-,15-/m0/s1. The van der Waals surface area contributed by atoms with E-state index in [-0.39, 0.29) is 11.8 Å². The number of nitrogens with one attached hydrogen (secondary N) is 1. The molecule has 0 unspecified atom stereocenters. The van der Waals surface area contributed by atoms with Crippen LogP contribution in [0.4, 0.5) is 5.82 Å². The van der Waals surface area contributed by atoms with Gasteiger partial charge in [0.15, 0.2) is 5.82 Å². The minimum atomic E-state index is 0.129. The molecule has 1 aliphatic carbocycles. The van der Waals surface area contributed by atoms with Crippen LogP contribution >= 0.6 is 23.2 Å². The summed E-state index contributed by atoms with van der Waals surface area (Å²) in [7, 11) is 0. The van der Waals surface area contributed by atoms with E-state index < -0.39 is 0 Å². The van der Waals surface area contributed by atoms with Gasteiger partial charge in [0.1, 0.15) is 11.3 Å². The van der Waals surface area contributed by atoms with E-state index >= 15 is 0 Å². The lowest BCUT2D eigenvalue weighted by atomic mass is 10.2. The molecular formula is C18H20Cl2N4O. The molecule has 0 saturated heterocycles. The lowest BCUT2D eigenvalue weighted by Gasteiger charge is -2.24. The zero-order valence-electron chi connectivity index (χ0n) is 14.0. The number of anilines is 1. The molecule has 7 heteroatoms. The fourth-order valence-corrected chi connectivity index (χ4v) is 3.22. The molecule has 2 atom stereocenters. The molecule has 0 spiro atoms. The zero-order valence-corrected chi connectivity index (χ0v) is 15.5. The summed E-state index contributed by atoms with van der Waals surface area (Å²) in [5, 5.41) is 4.16. The first-order valence-electron chi connectivity index (χ1n) is 8.27. The number of nitrogens with zero attached hydrogens (tertiary/aromatic N) is 3. The van der Waals surface area contributed by atoms with E-state index in [0.717, 1.165) is 12.0 Å². The largest absolute Gasteiger partial charge is 0.354 e. The Labute approximate surface area is 157 Å². The fraction of sp³-hybridized carbons (Fsp3) is 0.389. The van der Waals surface area contributed by atoms with Gasteiger partial charge in [-0.25, -0.2) is 9.97 Å². The summed E-state index contributed by atoms with van der Waals surface area (Å²) in [6, 6.07) is 7.66. The normalized spacial score (nSPS) is 18.7. The van der Waals surface area contributed by atoms with Crippen LogP contribution in [0, 0.1) is 11.8 Å². The number of rotatable bonds is 7. The second kappa shape index (κ2) is 8.02. The maximum Gasteiger partial charge on any atom is 0.223 e. The number of amides is 1. The second-order valence-electron chi connectivity index (χ2n) is 6.36. The average Bonchev–Trinajstić information content (AvgIpc) is 3.31. The Morgan fingerprint density at radius 3 is 2.88 bits per heavy atom. The van der Waals surface area contributed by atoms with Gasteiger partial charge in [-0.2, -0.15) is 0 Å². The highest BCUT2D eigenvalue weighted by molar-refractivity contribution is 6.32. The van der Waals surface area contributed by atoms with Gasteiger partial charge in [0.25, 0.3) is 0 Å². The lowest BCUT2D eigenvalue weighted by molar-refractivity contribution is -0.122. The van der Waals surface area contributed by atoms with Crippen molar-refractivity contribution in [2.75, 3.05) is 18.0 Å². The third kappa shape index (κ3) is 4.83. The molecule has 1 N–H and O–H groups in total. The van der Waals surface area contributed by atoms with Crippen LogP contribution < -0.4 is 10.2 Å². The molecule has 3 rings (SSSR count). The molecule has 1 aliphatic rings. The highest BCUT2D eigenvalue weighted by atomic mass is 35.5. The molecule has 1 aromatic heterocycles. The summed E-state index contributed by atoms with van der Waals surface area (Å²) in [4.78, 5) is 22.3. The Balaban J connectivity index is 1.68. The maximum absolute atomic E-state index is 12.0. The highest BCUT2D eigenvalue weighted by Gasteiger charge is 2.38. The second-order valence-corrected chi connectivity index (χ2v) is 7.20. The van der Waals surface area contributed by atoms with Crippen LogP contribution in [0.25, 0.3) is 0 Å². The van der Waals surface area contributed by atoms with Crippen molar-refractivity contribution in [1.82, 2.24) is 15.3 Å². The number of hydrogen-bond donors (Lipinski definition) is 1. The number of benzene rings is 1. The summed E-state index contributed by atoms with van der Waals surface area (Å²) < 4.78 is 0. The van der Waals surface area contributed by atoms with Gasteiger partial charge in [-0.15, -0.1) is 0 Å². The predicted molar refractivity (Wildman–Crippen MR) is 99.8 cm³/mol. The van der Waals surface area contributed by atoms with Gasteiger partial charge in [-0.1, -0.05) is 42.3 Å². The first kappa shape index (κ1) is 18.0. The number of carbonyl (C=O) groups excluding carboxylic acids is 1. The van der Waals surface area contributed by atoms with Gasteiger partial charge in [0.2, 0.25) is 5.91 Å². The molecule has 2 aromatic rings. The van der Waals surface area contributed by atoms with E-state index in [2.05, 4.69) is 22.2 Å². The van der Waals surface area contributed by atoms with Crippen molar-refractivity contribution in [2.24, 2.45) is 11.8 Å². The van der Waals surface area contributed by atoms with Crippen LogP contribution in [-0.4, -0.2) is 29.0 Å². The van der Waals surface area contributed by atoms with Crippen molar-refractivity contribution in [3.05, 3.63) is 52.4 Å². The average molecular weight is 379 g/mol. The Morgan fingerprint density at radius 2 is 2.20 bits per heavy atom. The molecule has 0 bridgehead atoms. The molecule has 1 amide bonds. The van der Waals surface area contributed by atoms with Crippen molar-refractivity contribution < 1.29 is 4.79 Å². The van der Waals surface area contributed by atoms with Crippen molar-refractivity contribution in [3.8, 4) is 0 Å². The number of aromatic nitrogens is 2. The highest BCUT2D eigenvalue weighted by Crippen LogP contribution is 2.37. The van der Waals surface area contributed by atoms with Crippen molar-refractivity contribution in [2.45, 2.75) is 19.9 Å². The molecule has 1 saturated carbocycles. The molecule has 5 nitrogen and oxygen atoms in total. The van der Waals surface area contributed by atoms with E-state index in [1.165, 1.54) is 6.33 Å². The maximum atomic E-state index is 12.0. The Bertz CT molecular complexity index is 755. The van der Waals surface area contributed by atoms with Crippen LogP contribution in [-0.2, 0) is 11.3 Å². The first-order chi connectivity index (χ1) is 12.0. The summed E-state index contributed by atoms with van der Waals surface area (Å²) in [5.41, 5.74) is 1.05. The van der Waals surface area contributed by atoms with Crippen molar-refractivity contribution >= 4 is 34.9 Å². The van der Waals surface area contributed by atoms with Crippen LogP contribution in [0.5, 0.6) is 0 Å². The third-order valence-electron chi connectivity index (χ3n) is 4.34. The SMILES string of the molecule is C[C@H]1C[C@@H]1C(=O)NCCN(Cc1cccc(Cl)c1)c1ncncc1Cl. The molecule has 1 fully saturated rings. The minimum absolute atomic E-state index is 0.129. The zero-order chi connectivity index (χ0) is 17.8. The van der Waals surface area contributed by atoms with Crippen molar-refractivity contribution in [1.29, 1.82) is 0 Å². The van der Waals surface area contributed by atoms with E-state index in [9.17, 15) is 4.79 Å². The van der Waals surface area contributed by atoms with Gasteiger partial charge in [0.05, 0.1) is 6.20 Å². The van der Waals surface area contributed by atoms with Crippen LogP contribution in [0.1, 0.15) is 18.9 Å². The fourth-order valence-electron chi connectivity index (χ4n) is 2.79.